The third-order valence-electron chi connectivity index (χ3n) is 4.25. The van der Waals surface area contributed by atoms with Gasteiger partial charge in [-0.15, -0.1) is 0 Å². The Kier molecular flexibility index (Phi) is 4.55. The van der Waals surface area contributed by atoms with E-state index in [4.69, 9.17) is 4.52 Å². The number of nitrogens with one attached hydrogen (secondary N) is 2. The highest BCUT2D eigenvalue weighted by Crippen LogP contribution is 2.28. The number of aromatic nitrogens is 1. The van der Waals surface area contributed by atoms with Gasteiger partial charge in [-0.3, -0.25) is 15.0 Å². The smallest absolute Gasteiger partial charge is 0.240 e. The lowest BCUT2D eigenvalue weighted by Crippen LogP contribution is -2.41. The van der Waals surface area contributed by atoms with Crippen LogP contribution in [-0.2, 0) is 4.79 Å². The third kappa shape index (κ3) is 4.28. The maximum atomic E-state index is 12.2. The number of hydrogen-bond acceptors (Lipinski definition) is 5. The van der Waals surface area contributed by atoms with E-state index in [1.54, 1.807) is 6.07 Å². The SMILES string of the molecule is Cc1cc(NC(=O)CN(CC2CCNCC2)C2CC2)on1. The van der Waals surface area contributed by atoms with E-state index < -0.39 is 0 Å². The molecule has 3 rings (SSSR count). The van der Waals surface area contributed by atoms with Crippen LogP contribution in [0.3, 0.4) is 0 Å². The predicted molar refractivity (Wildman–Crippen MR) is 80.1 cm³/mol. The lowest BCUT2D eigenvalue weighted by atomic mass is 9.97. The van der Waals surface area contributed by atoms with Gasteiger partial charge in [0, 0.05) is 18.7 Å². The quantitative estimate of drug-likeness (QED) is 0.829. The van der Waals surface area contributed by atoms with E-state index in [1.807, 2.05) is 6.92 Å². The second kappa shape index (κ2) is 6.58. The van der Waals surface area contributed by atoms with Gasteiger partial charge in [0.25, 0.3) is 0 Å². The largest absolute Gasteiger partial charge is 0.338 e. The Bertz CT molecular complexity index is 478. The molecule has 0 spiro atoms. The Balaban J connectivity index is 1.50. The van der Waals surface area contributed by atoms with Gasteiger partial charge in [-0.25, -0.2) is 0 Å². The van der Waals surface area contributed by atoms with Gasteiger partial charge in [0.2, 0.25) is 11.8 Å². The molecule has 0 unspecified atom stereocenters. The highest BCUT2D eigenvalue weighted by atomic mass is 16.5. The van der Waals surface area contributed by atoms with Crippen molar-refractivity contribution in [3.05, 3.63) is 11.8 Å². The van der Waals surface area contributed by atoms with Crippen LogP contribution < -0.4 is 10.6 Å². The van der Waals surface area contributed by atoms with E-state index in [9.17, 15) is 4.79 Å². The maximum Gasteiger partial charge on any atom is 0.240 e. The zero-order valence-corrected chi connectivity index (χ0v) is 12.6. The van der Waals surface area contributed by atoms with Crippen molar-refractivity contribution in [1.29, 1.82) is 0 Å². The van der Waals surface area contributed by atoms with Gasteiger partial charge in [0.1, 0.15) is 0 Å². The third-order valence-corrected chi connectivity index (χ3v) is 4.25. The first-order chi connectivity index (χ1) is 10.2. The first-order valence-corrected chi connectivity index (χ1v) is 7.88. The van der Waals surface area contributed by atoms with Crippen molar-refractivity contribution in [2.75, 3.05) is 31.5 Å². The summed E-state index contributed by atoms with van der Waals surface area (Å²) in [6, 6.07) is 2.34. The second-order valence-electron chi connectivity index (χ2n) is 6.23. The summed E-state index contributed by atoms with van der Waals surface area (Å²) in [5, 5.41) is 9.96. The monoisotopic (exact) mass is 292 g/mol. The molecular formula is C15H24N4O2. The van der Waals surface area contributed by atoms with Gasteiger partial charge in [-0.05, 0) is 51.6 Å². The van der Waals surface area contributed by atoms with E-state index in [-0.39, 0.29) is 5.91 Å². The van der Waals surface area contributed by atoms with Crippen molar-refractivity contribution < 1.29 is 9.32 Å². The molecule has 1 aromatic rings. The van der Waals surface area contributed by atoms with Crippen LogP contribution in [0.15, 0.2) is 10.6 Å². The van der Waals surface area contributed by atoms with Crippen LogP contribution in [0.25, 0.3) is 0 Å². The summed E-state index contributed by atoms with van der Waals surface area (Å²) in [6.45, 7) is 5.54. The second-order valence-corrected chi connectivity index (χ2v) is 6.23. The van der Waals surface area contributed by atoms with Crippen LogP contribution in [0.4, 0.5) is 5.88 Å². The first-order valence-electron chi connectivity index (χ1n) is 7.88. The molecule has 2 fully saturated rings. The van der Waals surface area contributed by atoms with E-state index in [0.29, 0.717) is 24.4 Å². The number of amides is 1. The van der Waals surface area contributed by atoms with Crippen molar-refractivity contribution in [3.63, 3.8) is 0 Å². The molecule has 1 saturated heterocycles. The fourth-order valence-corrected chi connectivity index (χ4v) is 2.96. The van der Waals surface area contributed by atoms with Crippen LogP contribution in [0.1, 0.15) is 31.4 Å². The molecule has 2 heterocycles. The Hall–Kier alpha value is -1.40. The maximum absolute atomic E-state index is 12.2. The minimum atomic E-state index is -0.00742. The van der Waals surface area contributed by atoms with Gasteiger partial charge in [0.15, 0.2) is 0 Å². The summed E-state index contributed by atoms with van der Waals surface area (Å²) in [5.41, 5.74) is 0.777. The average molecular weight is 292 g/mol. The summed E-state index contributed by atoms with van der Waals surface area (Å²) >= 11 is 0. The highest BCUT2D eigenvalue weighted by Gasteiger charge is 2.32. The fourth-order valence-electron chi connectivity index (χ4n) is 2.96. The number of aryl methyl sites for hydroxylation is 1. The highest BCUT2D eigenvalue weighted by molar-refractivity contribution is 5.91. The summed E-state index contributed by atoms with van der Waals surface area (Å²) < 4.78 is 5.03. The van der Waals surface area contributed by atoms with Crippen LogP contribution in [0.5, 0.6) is 0 Å². The van der Waals surface area contributed by atoms with Gasteiger partial charge < -0.3 is 9.84 Å². The number of carbonyl (C=O) groups excluding carboxylic acids is 1. The van der Waals surface area contributed by atoms with Crippen molar-refractivity contribution >= 4 is 11.8 Å². The van der Waals surface area contributed by atoms with Crippen molar-refractivity contribution in [2.24, 2.45) is 5.92 Å². The molecule has 1 saturated carbocycles. The lowest BCUT2D eigenvalue weighted by molar-refractivity contribution is -0.117. The molecule has 1 amide bonds. The standard InChI is InChI=1S/C15H24N4O2/c1-11-8-15(21-18-11)17-14(20)10-19(13-2-3-13)9-12-4-6-16-7-5-12/h8,12-13,16H,2-7,9-10H2,1H3,(H,17,20). The first kappa shape index (κ1) is 14.5. The Morgan fingerprint density at radius 2 is 2.19 bits per heavy atom. The summed E-state index contributed by atoms with van der Waals surface area (Å²) in [5.74, 6) is 1.15. The molecule has 0 radical (unpaired) electrons. The minimum absolute atomic E-state index is 0.00742. The van der Waals surface area contributed by atoms with Gasteiger partial charge in [-0.2, -0.15) is 0 Å². The lowest BCUT2D eigenvalue weighted by Gasteiger charge is -2.29. The Labute approximate surface area is 125 Å². The van der Waals surface area contributed by atoms with E-state index >= 15 is 0 Å². The molecule has 1 aliphatic heterocycles. The molecular weight excluding hydrogens is 268 g/mol. The number of hydrogen-bond donors (Lipinski definition) is 2. The molecule has 6 nitrogen and oxygen atoms in total. The number of piperidine rings is 1. The average Bonchev–Trinajstić information content (AvgIpc) is 3.23. The topological polar surface area (TPSA) is 70.4 Å². The van der Waals surface area contributed by atoms with E-state index in [1.165, 1.54) is 25.7 Å². The van der Waals surface area contributed by atoms with Gasteiger partial charge in [-0.1, -0.05) is 5.16 Å². The molecule has 0 atom stereocenters. The normalized spacial score (nSPS) is 19.9. The summed E-state index contributed by atoms with van der Waals surface area (Å²) in [4.78, 5) is 14.5. The van der Waals surface area contributed by atoms with Crippen molar-refractivity contribution in [2.45, 2.75) is 38.6 Å². The Morgan fingerprint density at radius 1 is 1.43 bits per heavy atom. The molecule has 0 bridgehead atoms. The number of rotatable bonds is 6. The van der Waals surface area contributed by atoms with E-state index in [2.05, 4.69) is 20.7 Å². The minimum Gasteiger partial charge on any atom is -0.338 e. The van der Waals surface area contributed by atoms with Crippen LogP contribution in [0, 0.1) is 12.8 Å². The van der Waals surface area contributed by atoms with Gasteiger partial charge in [0.05, 0.1) is 12.2 Å². The van der Waals surface area contributed by atoms with Crippen LogP contribution in [-0.4, -0.2) is 48.2 Å². The van der Waals surface area contributed by atoms with Crippen LogP contribution >= 0.6 is 0 Å². The van der Waals surface area contributed by atoms with Crippen LogP contribution in [0.2, 0.25) is 0 Å². The van der Waals surface area contributed by atoms with Crippen molar-refractivity contribution in [1.82, 2.24) is 15.4 Å². The molecule has 6 heteroatoms. The van der Waals surface area contributed by atoms with E-state index in [0.717, 1.165) is 25.3 Å². The fraction of sp³-hybridized carbons (Fsp3) is 0.733. The molecule has 1 aromatic heterocycles. The van der Waals surface area contributed by atoms with Crippen molar-refractivity contribution in [3.8, 4) is 0 Å². The number of nitrogens with zero attached hydrogens (tertiary/aromatic N) is 2. The summed E-state index contributed by atoms with van der Waals surface area (Å²) in [7, 11) is 0. The number of anilines is 1. The van der Waals surface area contributed by atoms with Gasteiger partial charge >= 0.3 is 0 Å². The zero-order chi connectivity index (χ0) is 14.7. The molecule has 116 valence electrons. The predicted octanol–water partition coefficient (Wildman–Crippen LogP) is 1.39. The summed E-state index contributed by atoms with van der Waals surface area (Å²) in [6.07, 6.45) is 4.87. The number of carbonyl (C=O) groups is 1. The molecule has 2 aliphatic rings. The zero-order valence-electron chi connectivity index (χ0n) is 12.6. The molecule has 2 N–H and O–H groups in total. The molecule has 1 aliphatic carbocycles. The molecule has 0 aromatic carbocycles. The Morgan fingerprint density at radius 3 is 2.81 bits per heavy atom. The molecule has 21 heavy (non-hydrogen) atoms.